The fraction of sp³-hybridized carbons (Fsp3) is 0.263. The van der Waals surface area contributed by atoms with Gasteiger partial charge in [-0.3, -0.25) is 9.59 Å². The minimum Gasteiger partial charge on any atom is -0.354 e. The van der Waals surface area contributed by atoms with Gasteiger partial charge in [0.25, 0.3) is 5.91 Å². The van der Waals surface area contributed by atoms with E-state index < -0.39 is 0 Å². The number of hydrogen-bond acceptors (Lipinski definition) is 5. The predicted molar refractivity (Wildman–Crippen MR) is 101 cm³/mol. The molecule has 3 rings (SSSR count). The second kappa shape index (κ2) is 7.75. The van der Waals surface area contributed by atoms with Crippen LogP contribution < -0.4 is 5.32 Å². The number of hydrogen-bond donors (Lipinski definition) is 2. The molecule has 0 atom stereocenters. The van der Waals surface area contributed by atoms with Gasteiger partial charge in [0, 0.05) is 34.8 Å². The van der Waals surface area contributed by atoms with E-state index in [2.05, 4.69) is 20.4 Å². The number of aryl methyl sites for hydroxylation is 1. The molecule has 0 unspecified atom stereocenters. The molecule has 0 saturated heterocycles. The number of aromatic amines is 1. The number of carbonyl (C=O) groups is 2. The minimum absolute atomic E-state index is 0.0686. The molecule has 8 heteroatoms. The Hall–Kier alpha value is -2.93. The highest BCUT2D eigenvalue weighted by Crippen LogP contribution is 2.19. The van der Waals surface area contributed by atoms with Gasteiger partial charge < -0.3 is 14.8 Å². The Morgan fingerprint density at radius 2 is 1.93 bits per heavy atom. The summed E-state index contributed by atoms with van der Waals surface area (Å²) < 4.78 is 5.22. The number of H-pyrrole nitrogens is 1. The van der Waals surface area contributed by atoms with Crippen molar-refractivity contribution < 1.29 is 14.1 Å². The number of benzene rings is 1. The van der Waals surface area contributed by atoms with Crippen LogP contribution in [0, 0.1) is 13.8 Å². The molecule has 7 nitrogen and oxygen atoms in total. The highest BCUT2D eigenvalue weighted by atomic mass is 35.5. The second-order valence-corrected chi connectivity index (χ2v) is 6.64. The zero-order valence-corrected chi connectivity index (χ0v) is 16.0. The molecule has 0 aliphatic heterocycles. The highest BCUT2D eigenvalue weighted by Gasteiger charge is 2.19. The second-order valence-electron chi connectivity index (χ2n) is 6.21. The van der Waals surface area contributed by atoms with Gasteiger partial charge in [0.2, 0.25) is 11.7 Å². The minimum atomic E-state index is -0.277. The van der Waals surface area contributed by atoms with Crippen LogP contribution in [0.25, 0.3) is 11.4 Å². The van der Waals surface area contributed by atoms with Crippen LogP contribution in [0.5, 0.6) is 0 Å². The zero-order valence-electron chi connectivity index (χ0n) is 15.2. The van der Waals surface area contributed by atoms with Gasteiger partial charge in [-0.2, -0.15) is 4.98 Å². The van der Waals surface area contributed by atoms with E-state index in [1.807, 2.05) is 12.1 Å². The third kappa shape index (κ3) is 4.09. The number of halogens is 1. The molecule has 1 amide bonds. The Morgan fingerprint density at radius 3 is 2.56 bits per heavy atom. The number of ketones is 1. The number of nitrogens with one attached hydrogen (secondary N) is 2. The summed E-state index contributed by atoms with van der Waals surface area (Å²) in [5.41, 5.74) is 3.09. The third-order valence-corrected chi connectivity index (χ3v) is 4.46. The van der Waals surface area contributed by atoms with E-state index in [0.29, 0.717) is 52.2 Å². The molecule has 140 valence electrons. The van der Waals surface area contributed by atoms with Crippen LogP contribution >= 0.6 is 11.6 Å². The summed E-state index contributed by atoms with van der Waals surface area (Å²) in [6.07, 6.45) is 0.393. The third-order valence-electron chi connectivity index (χ3n) is 4.21. The smallest absolute Gasteiger partial charge is 0.268 e. The number of amides is 1. The molecule has 0 fully saturated rings. The van der Waals surface area contributed by atoms with Crippen molar-refractivity contribution in [2.45, 2.75) is 27.2 Å². The largest absolute Gasteiger partial charge is 0.354 e. The monoisotopic (exact) mass is 386 g/mol. The number of Topliss-reactive ketones (excluding diaryl/α,β-unsaturated/α-hetero) is 1. The van der Waals surface area contributed by atoms with Gasteiger partial charge in [0.05, 0.1) is 0 Å². The van der Waals surface area contributed by atoms with Crippen molar-refractivity contribution in [3.8, 4) is 11.4 Å². The molecular formula is C19H19ClN4O3. The Balaban J connectivity index is 1.60. The maximum absolute atomic E-state index is 12.4. The average Bonchev–Trinajstić information content (AvgIpc) is 3.20. The Morgan fingerprint density at radius 1 is 1.22 bits per heavy atom. The Labute approximate surface area is 161 Å². The van der Waals surface area contributed by atoms with Crippen LogP contribution in [0.1, 0.15) is 44.9 Å². The van der Waals surface area contributed by atoms with Crippen LogP contribution in [0.3, 0.4) is 0 Å². The molecule has 0 aliphatic rings. The van der Waals surface area contributed by atoms with Crippen molar-refractivity contribution in [3.05, 3.63) is 57.7 Å². The van der Waals surface area contributed by atoms with Crippen LogP contribution in [0.2, 0.25) is 5.02 Å². The van der Waals surface area contributed by atoms with Crippen molar-refractivity contribution in [1.29, 1.82) is 0 Å². The zero-order chi connectivity index (χ0) is 19.6. The molecule has 2 heterocycles. The summed E-state index contributed by atoms with van der Waals surface area (Å²) in [4.78, 5) is 31.3. The van der Waals surface area contributed by atoms with Gasteiger partial charge in [-0.25, -0.2) is 0 Å². The van der Waals surface area contributed by atoms with E-state index in [0.717, 1.165) is 5.56 Å². The Kier molecular flexibility index (Phi) is 5.41. The van der Waals surface area contributed by atoms with Gasteiger partial charge in [-0.1, -0.05) is 16.8 Å². The molecule has 27 heavy (non-hydrogen) atoms. The first-order chi connectivity index (χ1) is 12.9. The molecule has 2 aromatic heterocycles. The lowest BCUT2D eigenvalue weighted by atomic mass is 10.1. The molecule has 0 spiro atoms. The lowest BCUT2D eigenvalue weighted by molar-refractivity contribution is 0.0948. The summed E-state index contributed by atoms with van der Waals surface area (Å²) >= 11 is 5.87. The van der Waals surface area contributed by atoms with Gasteiger partial charge in [-0.15, -0.1) is 0 Å². The van der Waals surface area contributed by atoms with E-state index in [-0.39, 0.29) is 11.7 Å². The van der Waals surface area contributed by atoms with E-state index >= 15 is 0 Å². The van der Waals surface area contributed by atoms with Crippen LogP contribution in [-0.2, 0) is 6.42 Å². The van der Waals surface area contributed by atoms with E-state index in [1.54, 1.807) is 26.0 Å². The summed E-state index contributed by atoms with van der Waals surface area (Å²) in [6, 6.07) is 7.12. The molecule has 3 aromatic rings. The van der Waals surface area contributed by atoms with Gasteiger partial charge in [0.1, 0.15) is 5.69 Å². The summed E-state index contributed by atoms with van der Waals surface area (Å²) in [6.45, 7) is 5.34. The number of aromatic nitrogens is 3. The predicted octanol–water partition coefficient (Wildman–Crippen LogP) is 3.51. The summed E-state index contributed by atoms with van der Waals surface area (Å²) in [5.74, 6) is 0.542. The number of rotatable bonds is 6. The molecule has 0 bridgehead atoms. The standard InChI is InChI=1S/C19H19ClN4O3/c1-10-16(12(3)25)11(2)22-17(10)19(26)21-9-8-15-23-18(24-27-15)13-4-6-14(20)7-5-13/h4-7,22H,8-9H2,1-3H3,(H,21,26). The maximum atomic E-state index is 12.4. The quantitative estimate of drug-likeness (QED) is 0.631. The SMILES string of the molecule is CC(=O)c1c(C)[nH]c(C(=O)NCCc2nc(-c3ccc(Cl)cc3)no2)c1C. The van der Waals surface area contributed by atoms with E-state index in [9.17, 15) is 9.59 Å². The highest BCUT2D eigenvalue weighted by molar-refractivity contribution is 6.30. The average molecular weight is 387 g/mol. The first-order valence-electron chi connectivity index (χ1n) is 8.43. The lowest BCUT2D eigenvalue weighted by Gasteiger charge is -2.03. The lowest BCUT2D eigenvalue weighted by Crippen LogP contribution is -2.26. The van der Waals surface area contributed by atoms with Gasteiger partial charge in [-0.05, 0) is 50.6 Å². The molecule has 0 radical (unpaired) electrons. The normalized spacial score (nSPS) is 10.8. The van der Waals surface area contributed by atoms with Crippen molar-refractivity contribution >= 4 is 23.3 Å². The molecule has 0 aliphatic carbocycles. The van der Waals surface area contributed by atoms with Gasteiger partial charge in [0.15, 0.2) is 5.78 Å². The summed E-state index contributed by atoms with van der Waals surface area (Å²) in [7, 11) is 0. The van der Waals surface area contributed by atoms with Gasteiger partial charge >= 0.3 is 0 Å². The fourth-order valence-corrected chi connectivity index (χ4v) is 3.08. The maximum Gasteiger partial charge on any atom is 0.268 e. The summed E-state index contributed by atoms with van der Waals surface area (Å²) in [5, 5.41) is 7.36. The molecule has 2 N–H and O–H groups in total. The van der Waals surface area contributed by atoms with E-state index in [1.165, 1.54) is 6.92 Å². The van der Waals surface area contributed by atoms with Crippen molar-refractivity contribution in [2.75, 3.05) is 6.54 Å². The topological polar surface area (TPSA) is 101 Å². The van der Waals surface area contributed by atoms with Crippen LogP contribution in [0.4, 0.5) is 0 Å². The molecule has 1 aromatic carbocycles. The van der Waals surface area contributed by atoms with Crippen LogP contribution in [-0.4, -0.2) is 33.4 Å². The van der Waals surface area contributed by atoms with Crippen molar-refractivity contribution in [2.24, 2.45) is 0 Å². The van der Waals surface area contributed by atoms with Crippen molar-refractivity contribution in [3.63, 3.8) is 0 Å². The Bertz CT molecular complexity index is 989. The fourth-order valence-electron chi connectivity index (χ4n) is 2.95. The first kappa shape index (κ1) is 18.8. The number of nitrogens with zero attached hydrogens (tertiary/aromatic N) is 2. The molecule has 0 saturated carbocycles. The van der Waals surface area contributed by atoms with E-state index in [4.69, 9.17) is 16.1 Å². The number of carbonyl (C=O) groups excluding carboxylic acids is 2. The first-order valence-corrected chi connectivity index (χ1v) is 8.81. The van der Waals surface area contributed by atoms with Crippen molar-refractivity contribution in [1.82, 2.24) is 20.4 Å². The molecular weight excluding hydrogens is 368 g/mol. The van der Waals surface area contributed by atoms with Crippen LogP contribution in [0.15, 0.2) is 28.8 Å².